The highest BCUT2D eigenvalue weighted by molar-refractivity contribution is 8.01. The molecule has 1 saturated carbocycles. The summed E-state index contributed by atoms with van der Waals surface area (Å²) in [7, 11) is 0. The molecule has 0 bridgehead atoms. The number of thioether (sulfide) groups is 1. The van der Waals surface area contributed by atoms with Gasteiger partial charge in [0.25, 0.3) is 0 Å². The van der Waals surface area contributed by atoms with Crippen LogP contribution >= 0.6 is 11.8 Å². The number of aromatic nitrogens is 2. The average molecular weight is 283 g/mol. The van der Waals surface area contributed by atoms with Gasteiger partial charge in [-0.1, -0.05) is 0 Å². The molecule has 0 amide bonds. The summed E-state index contributed by atoms with van der Waals surface area (Å²) in [4.78, 5) is 15.5. The van der Waals surface area contributed by atoms with Gasteiger partial charge >= 0.3 is 5.69 Å². The van der Waals surface area contributed by atoms with Crippen LogP contribution in [0.15, 0.2) is 17.1 Å². The van der Waals surface area contributed by atoms with Gasteiger partial charge in [0.1, 0.15) is 5.82 Å². The Labute approximate surface area is 114 Å². The van der Waals surface area contributed by atoms with Crippen LogP contribution in [0.5, 0.6) is 0 Å². The first kappa shape index (κ1) is 13.0. The molecule has 3 rings (SSSR count). The standard InChI is InChI=1S/C12H17N3O3S/c13-9-3-5-15(11(18)14-9)10-6-8(17)12(19-10)4-1-2-7(12)16/h3,5,7-8,10,16-17H,1-2,4,6H2,(H2,13,14,18)/t7-,8+,10-,12+/m1/s1. The van der Waals surface area contributed by atoms with Crippen LogP contribution in [0.3, 0.4) is 0 Å². The number of nitrogen functional groups attached to an aromatic ring is 1. The van der Waals surface area contributed by atoms with Crippen LogP contribution in [-0.2, 0) is 0 Å². The van der Waals surface area contributed by atoms with Gasteiger partial charge in [-0.25, -0.2) is 4.79 Å². The molecule has 4 N–H and O–H groups in total. The lowest BCUT2D eigenvalue weighted by molar-refractivity contribution is 0.0558. The molecule has 2 heterocycles. The molecule has 1 aromatic rings. The van der Waals surface area contributed by atoms with Crippen LogP contribution in [0, 0.1) is 0 Å². The van der Waals surface area contributed by atoms with Crippen molar-refractivity contribution < 1.29 is 10.2 Å². The average Bonchev–Trinajstić information content (AvgIpc) is 2.86. The minimum atomic E-state index is -0.593. The van der Waals surface area contributed by atoms with Crippen molar-refractivity contribution in [1.82, 2.24) is 9.55 Å². The van der Waals surface area contributed by atoms with Gasteiger partial charge in [-0.15, -0.1) is 11.8 Å². The van der Waals surface area contributed by atoms with E-state index in [0.717, 1.165) is 12.8 Å². The Kier molecular flexibility index (Phi) is 3.07. The first-order valence-corrected chi connectivity index (χ1v) is 7.29. The van der Waals surface area contributed by atoms with Gasteiger partial charge < -0.3 is 15.9 Å². The van der Waals surface area contributed by atoms with Crippen molar-refractivity contribution in [3.05, 3.63) is 22.7 Å². The molecule has 7 heteroatoms. The van der Waals surface area contributed by atoms with Crippen LogP contribution in [-0.4, -0.2) is 36.7 Å². The maximum absolute atomic E-state index is 11.8. The number of nitrogens with zero attached hydrogens (tertiary/aromatic N) is 2. The van der Waals surface area contributed by atoms with E-state index in [1.54, 1.807) is 12.3 Å². The maximum atomic E-state index is 11.8. The molecule has 104 valence electrons. The SMILES string of the molecule is Nc1ccn([C@H]2C[C@H](O)[C@@]3(CCC[C@H]3O)S2)c(=O)n1. The first-order chi connectivity index (χ1) is 9.03. The number of rotatable bonds is 1. The van der Waals surface area contributed by atoms with E-state index in [2.05, 4.69) is 4.98 Å². The van der Waals surface area contributed by atoms with Crippen LogP contribution in [0.2, 0.25) is 0 Å². The van der Waals surface area contributed by atoms with Gasteiger partial charge in [-0.05, 0) is 25.3 Å². The second-order valence-electron chi connectivity index (χ2n) is 5.23. The first-order valence-electron chi connectivity index (χ1n) is 6.41. The van der Waals surface area contributed by atoms with Crippen LogP contribution in [0.25, 0.3) is 0 Å². The fraction of sp³-hybridized carbons (Fsp3) is 0.667. The fourth-order valence-corrected chi connectivity index (χ4v) is 4.94. The van der Waals surface area contributed by atoms with Crippen molar-refractivity contribution in [2.75, 3.05) is 5.73 Å². The Bertz CT molecular complexity index is 549. The molecule has 2 aliphatic rings. The molecule has 4 atom stereocenters. The molecule has 1 spiro atoms. The number of nitrogens with two attached hydrogens (primary N) is 1. The van der Waals surface area contributed by atoms with Gasteiger partial charge in [0.05, 0.1) is 22.3 Å². The normalized spacial score (nSPS) is 38.1. The lowest BCUT2D eigenvalue weighted by Crippen LogP contribution is -2.41. The van der Waals surface area contributed by atoms with E-state index < -0.39 is 22.6 Å². The largest absolute Gasteiger partial charge is 0.392 e. The number of hydrogen-bond donors (Lipinski definition) is 3. The summed E-state index contributed by atoms with van der Waals surface area (Å²) in [5, 5.41) is 20.2. The van der Waals surface area contributed by atoms with E-state index in [-0.39, 0.29) is 11.2 Å². The summed E-state index contributed by atoms with van der Waals surface area (Å²) in [6, 6.07) is 1.57. The maximum Gasteiger partial charge on any atom is 0.350 e. The summed E-state index contributed by atoms with van der Waals surface area (Å²) < 4.78 is 0.968. The predicted octanol–water partition coefficient (Wildman–Crippen LogP) is 0.106. The van der Waals surface area contributed by atoms with E-state index in [0.29, 0.717) is 12.8 Å². The highest BCUT2D eigenvalue weighted by Gasteiger charge is 2.54. The quantitative estimate of drug-likeness (QED) is 0.676. The predicted molar refractivity (Wildman–Crippen MR) is 72.8 cm³/mol. The zero-order valence-electron chi connectivity index (χ0n) is 10.4. The topological polar surface area (TPSA) is 101 Å². The molecule has 19 heavy (non-hydrogen) atoms. The third-order valence-electron chi connectivity index (χ3n) is 4.12. The second-order valence-corrected chi connectivity index (χ2v) is 6.77. The molecular weight excluding hydrogens is 266 g/mol. The molecule has 0 aromatic carbocycles. The number of aliphatic hydroxyl groups is 2. The Hall–Kier alpha value is -1.05. The highest BCUT2D eigenvalue weighted by Crippen LogP contribution is 2.56. The minimum absolute atomic E-state index is 0.191. The van der Waals surface area contributed by atoms with Crippen LogP contribution in [0.4, 0.5) is 5.82 Å². The van der Waals surface area contributed by atoms with E-state index >= 15 is 0 Å². The Morgan fingerprint density at radius 1 is 1.47 bits per heavy atom. The van der Waals surface area contributed by atoms with Gasteiger partial charge in [0.2, 0.25) is 0 Å². The monoisotopic (exact) mass is 283 g/mol. The highest BCUT2D eigenvalue weighted by atomic mass is 32.2. The summed E-state index contributed by atoms with van der Waals surface area (Å²) in [6.07, 6.45) is 3.37. The summed E-state index contributed by atoms with van der Waals surface area (Å²) in [6.45, 7) is 0. The third kappa shape index (κ3) is 1.96. The lowest BCUT2D eigenvalue weighted by atomic mass is 9.95. The zero-order valence-corrected chi connectivity index (χ0v) is 11.2. The van der Waals surface area contributed by atoms with E-state index in [9.17, 15) is 15.0 Å². The second kappa shape index (κ2) is 4.50. The molecule has 1 aliphatic carbocycles. The fourth-order valence-electron chi connectivity index (χ4n) is 3.09. The molecular formula is C12H17N3O3S. The van der Waals surface area contributed by atoms with Gasteiger partial charge in [-0.2, -0.15) is 4.98 Å². The Morgan fingerprint density at radius 2 is 2.26 bits per heavy atom. The molecule has 1 saturated heterocycles. The molecule has 0 radical (unpaired) electrons. The van der Waals surface area contributed by atoms with E-state index in [1.165, 1.54) is 16.3 Å². The Morgan fingerprint density at radius 3 is 2.89 bits per heavy atom. The molecule has 6 nitrogen and oxygen atoms in total. The van der Waals surface area contributed by atoms with Crippen molar-refractivity contribution in [2.24, 2.45) is 0 Å². The van der Waals surface area contributed by atoms with Gasteiger partial charge in [0, 0.05) is 12.6 Å². The smallest absolute Gasteiger partial charge is 0.350 e. The van der Waals surface area contributed by atoms with Gasteiger partial charge in [-0.3, -0.25) is 4.57 Å². The third-order valence-corrected chi connectivity index (χ3v) is 5.99. The molecule has 1 aliphatic heterocycles. The lowest BCUT2D eigenvalue weighted by Gasteiger charge is -2.30. The minimum Gasteiger partial charge on any atom is -0.392 e. The van der Waals surface area contributed by atoms with Crippen LogP contribution < -0.4 is 11.4 Å². The van der Waals surface area contributed by atoms with Gasteiger partial charge in [0.15, 0.2) is 0 Å². The van der Waals surface area contributed by atoms with Crippen molar-refractivity contribution in [3.63, 3.8) is 0 Å². The van der Waals surface area contributed by atoms with Crippen LogP contribution in [0.1, 0.15) is 31.1 Å². The van der Waals surface area contributed by atoms with E-state index in [4.69, 9.17) is 5.73 Å². The number of aliphatic hydroxyl groups excluding tert-OH is 2. The van der Waals surface area contributed by atoms with Crippen molar-refractivity contribution >= 4 is 17.6 Å². The molecule has 2 fully saturated rings. The summed E-state index contributed by atoms with van der Waals surface area (Å²) in [5.41, 5.74) is 5.06. The van der Waals surface area contributed by atoms with Crippen molar-refractivity contribution in [1.29, 1.82) is 0 Å². The van der Waals surface area contributed by atoms with Crippen molar-refractivity contribution in [2.45, 2.75) is 48.0 Å². The number of anilines is 1. The molecule has 1 aromatic heterocycles. The number of hydrogen-bond acceptors (Lipinski definition) is 6. The Balaban J connectivity index is 1.91. The summed E-state index contributed by atoms with van der Waals surface area (Å²) >= 11 is 1.49. The summed E-state index contributed by atoms with van der Waals surface area (Å²) in [5.74, 6) is 0.195. The zero-order chi connectivity index (χ0) is 13.6. The van der Waals surface area contributed by atoms with Crippen molar-refractivity contribution in [3.8, 4) is 0 Å². The van der Waals surface area contributed by atoms with E-state index in [1.807, 2.05) is 0 Å². The molecule has 0 unspecified atom stereocenters.